The van der Waals surface area contributed by atoms with E-state index in [9.17, 15) is 14.4 Å². The first-order chi connectivity index (χ1) is 10.0. The summed E-state index contributed by atoms with van der Waals surface area (Å²) in [5.41, 5.74) is 0. The third kappa shape index (κ3) is 3.19. The average Bonchev–Trinajstić information content (AvgIpc) is 3.15. The Labute approximate surface area is 130 Å². The van der Waals surface area contributed by atoms with E-state index in [2.05, 4.69) is 5.32 Å². The van der Waals surface area contributed by atoms with Crippen molar-refractivity contribution in [2.24, 2.45) is 0 Å². The van der Waals surface area contributed by atoms with E-state index in [1.165, 1.54) is 11.3 Å². The van der Waals surface area contributed by atoms with Gasteiger partial charge in [0.05, 0.1) is 10.9 Å². The van der Waals surface area contributed by atoms with Gasteiger partial charge in [0.1, 0.15) is 13.1 Å². The molecule has 1 N–H and O–H groups in total. The van der Waals surface area contributed by atoms with Gasteiger partial charge in [0.2, 0.25) is 5.91 Å². The van der Waals surface area contributed by atoms with Crippen molar-refractivity contribution in [1.82, 2.24) is 15.1 Å². The second-order valence-electron chi connectivity index (χ2n) is 5.10. The minimum absolute atomic E-state index is 0.0946. The maximum absolute atomic E-state index is 12.0. The zero-order valence-corrected chi connectivity index (χ0v) is 12.7. The Morgan fingerprint density at radius 1 is 1.38 bits per heavy atom. The maximum Gasteiger partial charge on any atom is 0.327 e. The summed E-state index contributed by atoms with van der Waals surface area (Å²) in [4.78, 5) is 39.2. The Balaban J connectivity index is 1.52. The van der Waals surface area contributed by atoms with Crippen molar-refractivity contribution in [3.63, 3.8) is 0 Å². The van der Waals surface area contributed by atoms with E-state index in [1.807, 2.05) is 6.07 Å². The highest BCUT2D eigenvalue weighted by molar-refractivity contribution is 7.16. The third-order valence-corrected chi connectivity index (χ3v) is 4.69. The number of carbonyl (C=O) groups excluding carboxylic acids is 3. The van der Waals surface area contributed by atoms with Gasteiger partial charge in [-0.25, -0.2) is 4.79 Å². The fourth-order valence-corrected chi connectivity index (χ4v) is 3.25. The van der Waals surface area contributed by atoms with Crippen LogP contribution in [0.4, 0.5) is 4.79 Å². The molecule has 0 radical (unpaired) electrons. The van der Waals surface area contributed by atoms with Gasteiger partial charge >= 0.3 is 6.03 Å². The molecule has 0 atom stereocenters. The van der Waals surface area contributed by atoms with Crippen molar-refractivity contribution in [2.45, 2.75) is 25.4 Å². The van der Waals surface area contributed by atoms with Gasteiger partial charge in [0, 0.05) is 10.9 Å². The Hall–Kier alpha value is -1.60. The second kappa shape index (κ2) is 5.65. The minimum Gasteiger partial charge on any atom is -0.350 e. The topological polar surface area (TPSA) is 69.7 Å². The number of thiophene rings is 1. The number of halogens is 1. The van der Waals surface area contributed by atoms with Gasteiger partial charge in [-0.05, 0) is 25.0 Å². The zero-order chi connectivity index (χ0) is 15.0. The van der Waals surface area contributed by atoms with Crippen LogP contribution in [0.15, 0.2) is 12.1 Å². The Morgan fingerprint density at radius 2 is 2.14 bits per heavy atom. The molecule has 8 heteroatoms. The average molecular weight is 328 g/mol. The largest absolute Gasteiger partial charge is 0.350 e. The predicted octanol–water partition coefficient (Wildman–Crippen LogP) is 1.44. The van der Waals surface area contributed by atoms with Gasteiger partial charge in [0.25, 0.3) is 5.91 Å². The number of urea groups is 1. The highest BCUT2D eigenvalue weighted by Gasteiger charge is 2.44. The third-order valence-electron chi connectivity index (χ3n) is 3.46. The molecule has 1 aliphatic heterocycles. The fraction of sp³-hybridized carbons (Fsp3) is 0.462. The molecular weight excluding hydrogens is 314 g/mol. The molecular formula is C13H14ClN3O3S. The molecule has 2 aliphatic rings. The summed E-state index contributed by atoms with van der Waals surface area (Å²) in [5, 5.41) is 2.69. The number of imide groups is 1. The summed E-state index contributed by atoms with van der Waals surface area (Å²) in [6.07, 6.45) is 1.89. The molecule has 0 aromatic carbocycles. The van der Waals surface area contributed by atoms with E-state index in [0.29, 0.717) is 10.9 Å². The van der Waals surface area contributed by atoms with Crippen LogP contribution >= 0.6 is 22.9 Å². The van der Waals surface area contributed by atoms with Gasteiger partial charge in [-0.3, -0.25) is 14.5 Å². The summed E-state index contributed by atoms with van der Waals surface area (Å²) in [6.45, 7) is 0.218. The standard InChI is InChI=1S/C13H14ClN3O3S/c14-10-4-3-9(21-10)5-15-11(18)6-17-12(19)7-16(13(17)20)8-1-2-8/h3-4,8H,1-2,5-7H2,(H,15,18). The number of carbonyl (C=O) groups is 3. The summed E-state index contributed by atoms with van der Waals surface area (Å²) in [6, 6.07) is 3.42. The van der Waals surface area contributed by atoms with Gasteiger partial charge in [0.15, 0.2) is 0 Å². The van der Waals surface area contributed by atoms with E-state index in [4.69, 9.17) is 11.6 Å². The van der Waals surface area contributed by atoms with Gasteiger partial charge in [-0.1, -0.05) is 11.6 Å². The van der Waals surface area contributed by atoms with Crippen LogP contribution in [0.1, 0.15) is 17.7 Å². The van der Waals surface area contributed by atoms with Crippen LogP contribution in [0.3, 0.4) is 0 Å². The van der Waals surface area contributed by atoms with Crippen molar-refractivity contribution in [1.29, 1.82) is 0 Å². The maximum atomic E-state index is 12.0. The molecule has 112 valence electrons. The zero-order valence-electron chi connectivity index (χ0n) is 11.2. The lowest BCUT2D eigenvalue weighted by Crippen LogP contribution is -2.41. The molecule has 0 bridgehead atoms. The number of nitrogens with one attached hydrogen (secondary N) is 1. The fourth-order valence-electron chi connectivity index (χ4n) is 2.22. The monoisotopic (exact) mass is 327 g/mol. The van der Waals surface area contributed by atoms with Crippen molar-refractivity contribution in [3.05, 3.63) is 21.3 Å². The van der Waals surface area contributed by atoms with Gasteiger partial charge in [-0.2, -0.15) is 0 Å². The molecule has 2 heterocycles. The second-order valence-corrected chi connectivity index (χ2v) is 6.90. The number of rotatable bonds is 5. The quantitative estimate of drug-likeness (QED) is 0.832. The number of hydrogen-bond donors (Lipinski definition) is 1. The molecule has 1 aromatic heterocycles. The highest BCUT2D eigenvalue weighted by Crippen LogP contribution is 2.30. The van der Waals surface area contributed by atoms with E-state index in [0.717, 1.165) is 22.6 Å². The van der Waals surface area contributed by atoms with Crippen LogP contribution in [-0.2, 0) is 16.1 Å². The molecule has 6 nitrogen and oxygen atoms in total. The van der Waals surface area contributed by atoms with Crippen LogP contribution in [0.25, 0.3) is 0 Å². The minimum atomic E-state index is -0.350. The van der Waals surface area contributed by atoms with Crippen molar-refractivity contribution < 1.29 is 14.4 Å². The molecule has 0 unspecified atom stereocenters. The first kappa shape index (κ1) is 14.3. The van der Waals surface area contributed by atoms with Crippen molar-refractivity contribution >= 4 is 40.8 Å². The van der Waals surface area contributed by atoms with Crippen LogP contribution in [-0.4, -0.2) is 46.8 Å². The van der Waals surface area contributed by atoms with Crippen LogP contribution in [0, 0.1) is 0 Å². The Bertz CT molecular complexity index is 599. The summed E-state index contributed by atoms with van der Waals surface area (Å²) in [5.74, 6) is -0.653. The molecule has 1 aromatic rings. The molecule has 1 aliphatic carbocycles. The number of amides is 4. The molecule has 2 fully saturated rings. The molecule has 1 saturated heterocycles. The van der Waals surface area contributed by atoms with Crippen LogP contribution in [0.5, 0.6) is 0 Å². The molecule has 1 saturated carbocycles. The lowest BCUT2D eigenvalue weighted by Gasteiger charge is -2.16. The van der Waals surface area contributed by atoms with E-state index >= 15 is 0 Å². The lowest BCUT2D eigenvalue weighted by molar-refractivity contribution is -0.130. The predicted molar refractivity (Wildman–Crippen MR) is 78.0 cm³/mol. The molecule has 3 rings (SSSR count). The van der Waals surface area contributed by atoms with Crippen LogP contribution in [0.2, 0.25) is 4.34 Å². The number of hydrogen-bond acceptors (Lipinski definition) is 4. The van der Waals surface area contributed by atoms with Crippen LogP contribution < -0.4 is 5.32 Å². The molecule has 4 amide bonds. The summed E-state index contributed by atoms with van der Waals surface area (Å²) in [7, 11) is 0. The Kier molecular flexibility index (Phi) is 3.86. The first-order valence-electron chi connectivity index (χ1n) is 6.66. The normalized spacial score (nSPS) is 18.5. The summed E-state index contributed by atoms with van der Waals surface area (Å²) >= 11 is 7.19. The summed E-state index contributed by atoms with van der Waals surface area (Å²) < 4.78 is 0.657. The molecule has 0 spiro atoms. The number of nitrogens with zero attached hydrogens (tertiary/aromatic N) is 2. The van der Waals surface area contributed by atoms with Gasteiger partial charge < -0.3 is 10.2 Å². The Morgan fingerprint density at radius 3 is 2.76 bits per heavy atom. The molecule has 21 heavy (non-hydrogen) atoms. The van der Waals surface area contributed by atoms with Gasteiger partial charge in [-0.15, -0.1) is 11.3 Å². The lowest BCUT2D eigenvalue weighted by atomic mass is 10.4. The van der Waals surface area contributed by atoms with E-state index < -0.39 is 0 Å². The first-order valence-corrected chi connectivity index (χ1v) is 7.86. The van der Waals surface area contributed by atoms with E-state index in [-0.39, 0.29) is 37.0 Å². The highest BCUT2D eigenvalue weighted by atomic mass is 35.5. The van der Waals surface area contributed by atoms with Crippen molar-refractivity contribution in [2.75, 3.05) is 13.1 Å². The smallest absolute Gasteiger partial charge is 0.327 e. The SMILES string of the molecule is O=C(CN1C(=O)CN(C2CC2)C1=O)NCc1ccc(Cl)s1. The van der Waals surface area contributed by atoms with E-state index in [1.54, 1.807) is 11.0 Å². The van der Waals surface area contributed by atoms with Crippen molar-refractivity contribution in [3.8, 4) is 0 Å².